The Morgan fingerprint density at radius 2 is 1.76 bits per heavy atom. The molecule has 1 amide bonds. The van der Waals surface area contributed by atoms with Crippen molar-refractivity contribution in [2.24, 2.45) is 5.41 Å². The van der Waals surface area contributed by atoms with Gasteiger partial charge in [-0.1, -0.05) is 26.0 Å². The summed E-state index contributed by atoms with van der Waals surface area (Å²) in [6.07, 6.45) is -0.809. The van der Waals surface area contributed by atoms with Crippen LogP contribution in [0.5, 0.6) is 5.75 Å². The predicted molar refractivity (Wildman–Crippen MR) is 109 cm³/mol. The molecule has 0 saturated heterocycles. The van der Waals surface area contributed by atoms with Crippen molar-refractivity contribution in [2.75, 3.05) is 25.1 Å². The average Bonchev–Trinajstić information content (AvgIpc) is 2.71. The van der Waals surface area contributed by atoms with Crippen molar-refractivity contribution >= 4 is 11.8 Å². The van der Waals surface area contributed by atoms with Crippen LogP contribution in [0.4, 0.5) is 10.5 Å². The smallest absolute Gasteiger partial charge is 0.412 e. The predicted octanol–water partition coefficient (Wildman–Crippen LogP) is 3.63. The average molecular weight is 398 g/mol. The molecule has 2 rings (SSSR count). The van der Waals surface area contributed by atoms with Crippen LogP contribution in [0.15, 0.2) is 48.5 Å². The van der Waals surface area contributed by atoms with E-state index in [0.717, 1.165) is 5.56 Å². The molecular weight excluding hydrogens is 372 g/mol. The van der Waals surface area contributed by atoms with Crippen molar-refractivity contribution in [1.82, 2.24) is 0 Å². The highest BCUT2D eigenvalue weighted by Gasteiger charge is 2.34. The summed E-state index contributed by atoms with van der Waals surface area (Å²) in [5, 5.41) is 29.8. The maximum absolute atomic E-state index is 12.5. The number of hydrogen-bond acceptors (Lipinski definition) is 6. The van der Waals surface area contributed by atoms with Crippen LogP contribution in [0.2, 0.25) is 0 Å². The standard InChI is InChI=1S/C22H26N2O5/c1-22(2,11-12-25)20(17-5-9-19(10-6-17)28-14-13-26)29-21(27)24-18-7-3-16(15-23)4-8-18/h3-10,20,25-26H,11-14H2,1-2H3,(H,24,27)/t20-/m1/s1. The minimum atomic E-state index is -0.633. The summed E-state index contributed by atoms with van der Waals surface area (Å²) < 4.78 is 11.1. The fraction of sp³-hybridized carbons (Fsp3) is 0.364. The van der Waals surface area contributed by atoms with Crippen molar-refractivity contribution in [3.8, 4) is 11.8 Å². The third-order valence-electron chi connectivity index (χ3n) is 4.49. The molecule has 7 heteroatoms. The highest BCUT2D eigenvalue weighted by Crippen LogP contribution is 2.40. The molecule has 0 unspecified atom stereocenters. The fourth-order valence-electron chi connectivity index (χ4n) is 2.88. The summed E-state index contributed by atoms with van der Waals surface area (Å²) in [6, 6.07) is 15.6. The van der Waals surface area contributed by atoms with Gasteiger partial charge in [-0.2, -0.15) is 5.26 Å². The first-order chi connectivity index (χ1) is 13.9. The zero-order valence-electron chi connectivity index (χ0n) is 16.6. The lowest BCUT2D eigenvalue weighted by atomic mass is 9.80. The Hall–Kier alpha value is -3.08. The van der Waals surface area contributed by atoms with Crippen LogP contribution in [0.25, 0.3) is 0 Å². The molecule has 29 heavy (non-hydrogen) atoms. The second kappa shape index (κ2) is 10.5. The molecule has 0 bridgehead atoms. The van der Waals surface area contributed by atoms with Crippen LogP contribution in [0.1, 0.15) is 37.5 Å². The molecule has 1 atom stereocenters. The lowest BCUT2D eigenvalue weighted by Crippen LogP contribution is -2.29. The number of carbonyl (C=O) groups is 1. The van der Waals surface area contributed by atoms with Gasteiger partial charge in [0, 0.05) is 17.7 Å². The van der Waals surface area contributed by atoms with E-state index in [1.165, 1.54) is 0 Å². The number of nitriles is 1. The number of carbonyl (C=O) groups excluding carboxylic acids is 1. The summed E-state index contributed by atoms with van der Waals surface area (Å²) in [6.45, 7) is 3.91. The Bertz CT molecular complexity index is 826. The second-order valence-electron chi connectivity index (χ2n) is 7.20. The number of amides is 1. The number of aliphatic hydroxyl groups is 2. The van der Waals surface area contributed by atoms with E-state index >= 15 is 0 Å². The van der Waals surface area contributed by atoms with E-state index in [4.69, 9.17) is 19.8 Å². The highest BCUT2D eigenvalue weighted by atomic mass is 16.6. The molecule has 0 aromatic heterocycles. The Morgan fingerprint density at radius 3 is 2.31 bits per heavy atom. The van der Waals surface area contributed by atoms with Crippen molar-refractivity contribution in [3.63, 3.8) is 0 Å². The number of nitrogens with zero attached hydrogens (tertiary/aromatic N) is 1. The molecular formula is C22H26N2O5. The molecule has 7 nitrogen and oxygen atoms in total. The lowest BCUT2D eigenvalue weighted by Gasteiger charge is -2.33. The Kier molecular flexibility index (Phi) is 8.01. The third-order valence-corrected chi connectivity index (χ3v) is 4.49. The molecule has 3 N–H and O–H groups in total. The number of hydrogen-bond donors (Lipinski definition) is 3. The number of benzene rings is 2. The number of anilines is 1. The van der Waals surface area contributed by atoms with E-state index in [1.807, 2.05) is 19.9 Å². The lowest BCUT2D eigenvalue weighted by molar-refractivity contribution is 0.0152. The number of aliphatic hydroxyl groups excluding tert-OH is 2. The van der Waals surface area contributed by atoms with Gasteiger partial charge in [0.15, 0.2) is 0 Å². The molecule has 2 aromatic rings. The molecule has 154 valence electrons. The molecule has 0 fully saturated rings. The van der Waals surface area contributed by atoms with E-state index in [2.05, 4.69) is 5.32 Å². The fourth-order valence-corrected chi connectivity index (χ4v) is 2.88. The first-order valence-electron chi connectivity index (χ1n) is 9.32. The number of rotatable bonds is 9. The van der Waals surface area contributed by atoms with Crippen LogP contribution >= 0.6 is 0 Å². The Morgan fingerprint density at radius 1 is 1.10 bits per heavy atom. The maximum atomic E-state index is 12.5. The SMILES string of the molecule is CC(C)(CCO)[C@H](OC(=O)Nc1ccc(C#N)cc1)c1ccc(OCCO)cc1. The van der Waals surface area contributed by atoms with Crippen molar-refractivity contribution < 1.29 is 24.5 Å². The van der Waals surface area contributed by atoms with Crippen molar-refractivity contribution in [3.05, 3.63) is 59.7 Å². The minimum Gasteiger partial charge on any atom is -0.491 e. The van der Waals surface area contributed by atoms with Gasteiger partial charge in [0.2, 0.25) is 0 Å². The molecule has 0 aliphatic carbocycles. The summed E-state index contributed by atoms with van der Waals surface area (Å²) in [7, 11) is 0. The Labute approximate surface area is 170 Å². The van der Waals surface area contributed by atoms with Gasteiger partial charge >= 0.3 is 6.09 Å². The normalized spacial score (nSPS) is 12.0. The summed E-state index contributed by atoms with van der Waals surface area (Å²) in [5.74, 6) is 0.601. The van der Waals surface area contributed by atoms with Crippen LogP contribution in [0.3, 0.4) is 0 Å². The first-order valence-corrected chi connectivity index (χ1v) is 9.32. The second-order valence-corrected chi connectivity index (χ2v) is 7.20. The van der Waals surface area contributed by atoms with Gasteiger partial charge in [-0.05, 0) is 48.4 Å². The monoisotopic (exact) mass is 398 g/mol. The molecule has 0 aliphatic heterocycles. The van der Waals surface area contributed by atoms with Gasteiger partial charge in [-0.15, -0.1) is 0 Å². The number of ether oxygens (including phenoxy) is 2. The molecule has 0 aliphatic rings. The summed E-state index contributed by atoms with van der Waals surface area (Å²) in [5.41, 5.74) is 1.24. The van der Waals surface area contributed by atoms with Crippen LogP contribution in [0, 0.1) is 16.7 Å². The van der Waals surface area contributed by atoms with E-state index < -0.39 is 17.6 Å². The molecule has 0 saturated carbocycles. The van der Waals surface area contributed by atoms with Gasteiger partial charge in [0.05, 0.1) is 18.2 Å². The summed E-state index contributed by atoms with van der Waals surface area (Å²) in [4.78, 5) is 12.5. The van der Waals surface area contributed by atoms with Crippen LogP contribution in [-0.4, -0.2) is 36.1 Å². The molecule has 0 radical (unpaired) electrons. The quantitative estimate of drug-likeness (QED) is 0.595. The van der Waals surface area contributed by atoms with Crippen LogP contribution < -0.4 is 10.1 Å². The Balaban J connectivity index is 2.17. The minimum absolute atomic E-state index is 0.0399. The molecule has 2 aromatic carbocycles. The largest absolute Gasteiger partial charge is 0.491 e. The van der Waals surface area contributed by atoms with E-state index in [1.54, 1.807) is 48.5 Å². The van der Waals surface area contributed by atoms with Gasteiger partial charge in [0.1, 0.15) is 18.5 Å². The van der Waals surface area contributed by atoms with Crippen molar-refractivity contribution in [1.29, 1.82) is 5.26 Å². The molecule has 0 heterocycles. The summed E-state index contributed by atoms with van der Waals surface area (Å²) >= 11 is 0. The van der Waals surface area contributed by atoms with Gasteiger partial charge in [0.25, 0.3) is 0 Å². The van der Waals surface area contributed by atoms with Gasteiger partial charge in [-0.3, -0.25) is 5.32 Å². The third kappa shape index (κ3) is 6.49. The van der Waals surface area contributed by atoms with Gasteiger partial charge in [-0.25, -0.2) is 4.79 Å². The zero-order valence-corrected chi connectivity index (χ0v) is 16.6. The highest BCUT2D eigenvalue weighted by molar-refractivity contribution is 5.84. The van der Waals surface area contributed by atoms with E-state index in [9.17, 15) is 9.90 Å². The maximum Gasteiger partial charge on any atom is 0.412 e. The van der Waals surface area contributed by atoms with Crippen LogP contribution in [-0.2, 0) is 4.74 Å². The van der Waals surface area contributed by atoms with Crippen molar-refractivity contribution in [2.45, 2.75) is 26.4 Å². The zero-order chi connectivity index (χ0) is 21.3. The van der Waals surface area contributed by atoms with E-state index in [-0.39, 0.29) is 19.8 Å². The number of nitrogens with one attached hydrogen (secondary N) is 1. The molecule has 0 spiro atoms. The topological polar surface area (TPSA) is 112 Å². The van der Waals surface area contributed by atoms with E-state index in [0.29, 0.717) is 23.4 Å². The first kappa shape index (κ1) is 22.2. The van der Waals surface area contributed by atoms with Gasteiger partial charge < -0.3 is 19.7 Å².